The fraction of sp³-hybridized carbons (Fsp3) is 0.381. The van der Waals surface area contributed by atoms with E-state index in [9.17, 15) is 0 Å². The molecule has 0 aromatic heterocycles. The quantitative estimate of drug-likeness (QED) is 0.364. The lowest BCUT2D eigenvalue weighted by Crippen LogP contribution is -2.24. The van der Waals surface area contributed by atoms with Crippen LogP contribution in [0.5, 0.6) is 0 Å². The van der Waals surface area contributed by atoms with Crippen LogP contribution in [0.1, 0.15) is 30.5 Å². The molecule has 0 aliphatic rings. The smallest absolute Gasteiger partial charge is 0.193 e. The molecule has 5 nitrogen and oxygen atoms in total. The van der Waals surface area contributed by atoms with Crippen LogP contribution >= 0.6 is 0 Å². The van der Waals surface area contributed by atoms with E-state index in [1.807, 2.05) is 12.1 Å². The predicted molar refractivity (Wildman–Crippen MR) is 111 cm³/mol. The highest BCUT2D eigenvalue weighted by molar-refractivity contribution is 5.93. The van der Waals surface area contributed by atoms with Crippen molar-refractivity contribution in [3.8, 4) is 0 Å². The third-order valence-electron chi connectivity index (χ3n) is 4.27. The summed E-state index contributed by atoms with van der Waals surface area (Å²) in [6.45, 7) is 6.33. The number of anilines is 2. The van der Waals surface area contributed by atoms with Gasteiger partial charge in [-0.2, -0.15) is 0 Å². The van der Waals surface area contributed by atoms with Gasteiger partial charge in [0.2, 0.25) is 0 Å². The van der Waals surface area contributed by atoms with Gasteiger partial charge in [-0.3, -0.25) is 0 Å². The lowest BCUT2D eigenvalue weighted by atomic mass is 10.0. The molecule has 0 fully saturated rings. The zero-order valence-corrected chi connectivity index (χ0v) is 16.0. The van der Waals surface area contributed by atoms with Gasteiger partial charge in [0, 0.05) is 25.0 Å². The van der Waals surface area contributed by atoms with Crippen LogP contribution < -0.4 is 16.4 Å². The summed E-state index contributed by atoms with van der Waals surface area (Å²) in [7, 11) is 1.70. The number of ether oxygens (including phenoxy) is 1. The van der Waals surface area contributed by atoms with E-state index < -0.39 is 0 Å². The summed E-state index contributed by atoms with van der Waals surface area (Å²) in [5, 5.41) is 6.60. The third kappa shape index (κ3) is 5.77. The molecule has 0 spiro atoms. The van der Waals surface area contributed by atoms with Crippen LogP contribution in [0.4, 0.5) is 11.4 Å². The summed E-state index contributed by atoms with van der Waals surface area (Å²) < 4.78 is 5.03. The Morgan fingerprint density at radius 2 is 1.69 bits per heavy atom. The Balaban J connectivity index is 1.98. The Morgan fingerprint density at radius 3 is 2.27 bits per heavy atom. The molecular weight excluding hydrogens is 324 g/mol. The van der Waals surface area contributed by atoms with Gasteiger partial charge >= 0.3 is 0 Å². The second-order valence-electron chi connectivity index (χ2n) is 6.10. The SMILES string of the molecule is CCc1cccc(CC)c1NC(N)=NCc1ccc(NCCOC)cc1. The number of rotatable bonds is 9. The number of benzene rings is 2. The molecule has 2 aromatic rings. The third-order valence-corrected chi connectivity index (χ3v) is 4.27. The highest BCUT2D eigenvalue weighted by atomic mass is 16.5. The molecule has 2 aromatic carbocycles. The van der Waals surface area contributed by atoms with E-state index in [0.29, 0.717) is 19.1 Å². The topological polar surface area (TPSA) is 71.7 Å². The van der Waals surface area contributed by atoms with Crippen LogP contribution in [0.25, 0.3) is 0 Å². The van der Waals surface area contributed by atoms with E-state index in [0.717, 1.165) is 36.3 Å². The van der Waals surface area contributed by atoms with Gasteiger partial charge < -0.3 is 21.1 Å². The molecule has 0 radical (unpaired) electrons. The first kappa shape index (κ1) is 19.8. The molecule has 26 heavy (non-hydrogen) atoms. The van der Waals surface area contributed by atoms with Gasteiger partial charge in [-0.05, 0) is 41.7 Å². The molecule has 5 heteroatoms. The van der Waals surface area contributed by atoms with Crippen molar-refractivity contribution >= 4 is 17.3 Å². The summed E-state index contributed by atoms with van der Waals surface area (Å²) in [5.41, 5.74) is 11.9. The second-order valence-corrected chi connectivity index (χ2v) is 6.10. The highest BCUT2D eigenvalue weighted by Crippen LogP contribution is 2.22. The molecule has 0 aliphatic heterocycles. The van der Waals surface area contributed by atoms with E-state index in [2.05, 4.69) is 59.8 Å². The minimum Gasteiger partial charge on any atom is -0.383 e. The van der Waals surface area contributed by atoms with Crippen molar-refractivity contribution in [3.05, 3.63) is 59.2 Å². The zero-order valence-electron chi connectivity index (χ0n) is 16.0. The Hall–Kier alpha value is -2.53. The first-order valence-corrected chi connectivity index (χ1v) is 9.17. The summed E-state index contributed by atoms with van der Waals surface area (Å²) in [5.74, 6) is 0.447. The van der Waals surface area contributed by atoms with E-state index in [4.69, 9.17) is 10.5 Å². The first-order chi connectivity index (χ1) is 12.7. The maximum absolute atomic E-state index is 6.12. The monoisotopic (exact) mass is 354 g/mol. The van der Waals surface area contributed by atoms with E-state index in [1.54, 1.807) is 7.11 Å². The van der Waals surface area contributed by atoms with Gasteiger partial charge in [0.05, 0.1) is 13.2 Å². The van der Waals surface area contributed by atoms with Crippen molar-refractivity contribution in [3.63, 3.8) is 0 Å². The fourth-order valence-electron chi connectivity index (χ4n) is 2.77. The number of aryl methyl sites for hydroxylation is 2. The van der Waals surface area contributed by atoms with Crippen LogP contribution in [0.3, 0.4) is 0 Å². The van der Waals surface area contributed by atoms with Gasteiger partial charge in [-0.15, -0.1) is 0 Å². The van der Waals surface area contributed by atoms with E-state index in [-0.39, 0.29) is 0 Å². The van der Waals surface area contributed by atoms with Crippen LogP contribution in [0.15, 0.2) is 47.5 Å². The van der Waals surface area contributed by atoms with Crippen molar-refractivity contribution in [2.45, 2.75) is 33.2 Å². The summed E-state index contributed by atoms with van der Waals surface area (Å²) in [6.07, 6.45) is 1.92. The molecular formula is C21H30N4O. The molecule has 0 atom stereocenters. The number of para-hydroxylation sites is 1. The Kier molecular flexibility index (Phi) is 7.96. The maximum atomic E-state index is 6.12. The van der Waals surface area contributed by atoms with Gasteiger partial charge in [-0.1, -0.05) is 44.2 Å². The van der Waals surface area contributed by atoms with Gasteiger partial charge in [0.25, 0.3) is 0 Å². The molecule has 140 valence electrons. The molecule has 4 N–H and O–H groups in total. The largest absolute Gasteiger partial charge is 0.383 e. The zero-order chi connectivity index (χ0) is 18.8. The number of nitrogens with zero attached hydrogens (tertiary/aromatic N) is 1. The summed E-state index contributed by atoms with van der Waals surface area (Å²) in [4.78, 5) is 4.49. The summed E-state index contributed by atoms with van der Waals surface area (Å²) >= 11 is 0. The van der Waals surface area contributed by atoms with Gasteiger partial charge in [0.15, 0.2) is 5.96 Å². The minimum atomic E-state index is 0.447. The normalized spacial score (nSPS) is 11.4. The van der Waals surface area contributed by atoms with Crippen molar-refractivity contribution in [2.75, 3.05) is 30.9 Å². The number of aliphatic imine (C=N–C) groups is 1. The molecule has 0 unspecified atom stereocenters. The molecule has 2 rings (SSSR count). The molecule has 0 heterocycles. The van der Waals surface area contributed by atoms with Crippen LogP contribution in [0, 0.1) is 0 Å². The molecule has 0 bridgehead atoms. The standard InChI is InChI=1S/C21H30N4O/c1-4-17-7-6-8-18(5-2)20(17)25-21(22)24-15-16-9-11-19(12-10-16)23-13-14-26-3/h6-12,23H,4-5,13-15H2,1-3H3,(H3,22,24,25). The lowest BCUT2D eigenvalue weighted by molar-refractivity contribution is 0.211. The van der Waals surface area contributed by atoms with E-state index >= 15 is 0 Å². The van der Waals surface area contributed by atoms with Crippen molar-refractivity contribution < 1.29 is 4.74 Å². The number of methoxy groups -OCH3 is 1. The number of nitrogens with one attached hydrogen (secondary N) is 2. The Labute approximate surface area is 156 Å². The highest BCUT2D eigenvalue weighted by Gasteiger charge is 2.07. The summed E-state index contributed by atoms with van der Waals surface area (Å²) in [6, 6.07) is 14.6. The van der Waals surface area contributed by atoms with Crippen molar-refractivity contribution in [1.29, 1.82) is 0 Å². The average Bonchev–Trinajstić information content (AvgIpc) is 2.67. The van der Waals surface area contributed by atoms with Crippen LogP contribution in [-0.2, 0) is 24.1 Å². The van der Waals surface area contributed by atoms with E-state index in [1.165, 1.54) is 11.1 Å². The first-order valence-electron chi connectivity index (χ1n) is 9.17. The number of guanidine groups is 1. The van der Waals surface area contributed by atoms with Gasteiger partial charge in [0.1, 0.15) is 0 Å². The van der Waals surface area contributed by atoms with Crippen molar-refractivity contribution in [1.82, 2.24) is 0 Å². The lowest BCUT2D eigenvalue weighted by Gasteiger charge is -2.15. The minimum absolute atomic E-state index is 0.447. The second kappa shape index (κ2) is 10.5. The number of nitrogens with two attached hydrogens (primary N) is 1. The maximum Gasteiger partial charge on any atom is 0.193 e. The Morgan fingerprint density at radius 1 is 1.04 bits per heavy atom. The number of hydrogen-bond donors (Lipinski definition) is 3. The molecule has 0 saturated heterocycles. The average molecular weight is 354 g/mol. The van der Waals surface area contributed by atoms with Crippen LogP contribution in [-0.4, -0.2) is 26.2 Å². The van der Waals surface area contributed by atoms with Gasteiger partial charge in [-0.25, -0.2) is 4.99 Å². The molecule has 0 saturated carbocycles. The fourth-order valence-corrected chi connectivity index (χ4v) is 2.77. The number of hydrogen-bond acceptors (Lipinski definition) is 3. The molecule has 0 aliphatic carbocycles. The molecule has 0 amide bonds. The van der Waals surface area contributed by atoms with Crippen molar-refractivity contribution in [2.24, 2.45) is 10.7 Å². The van der Waals surface area contributed by atoms with Crippen LogP contribution in [0.2, 0.25) is 0 Å². The Bertz CT molecular complexity index is 688. The predicted octanol–water partition coefficient (Wildman–Crippen LogP) is 3.80.